The van der Waals surface area contributed by atoms with E-state index in [0.29, 0.717) is 25.9 Å². The lowest BCUT2D eigenvalue weighted by atomic mass is 9.96. The van der Waals surface area contributed by atoms with Gasteiger partial charge < -0.3 is 0 Å². The van der Waals surface area contributed by atoms with Crippen LogP contribution in [0.2, 0.25) is 5.02 Å². The zero-order valence-corrected chi connectivity index (χ0v) is 17.3. The maximum absolute atomic E-state index is 12.8. The molecule has 1 saturated heterocycles. The van der Waals surface area contributed by atoms with Crippen molar-refractivity contribution in [2.75, 3.05) is 13.1 Å². The highest BCUT2D eigenvalue weighted by atomic mass is 35.5. The smallest absolute Gasteiger partial charge is 0.260 e. The van der Waals surface area contributed by atoms with E-state index in [1.54, 1.807) is 18.2 Å². The number of rotatable bonds is 3. The predicted molar refractivity (Wildman–Crippen MR) is 109 cm³/mol. The second-order valence-electron chi connectivity index (χ2n) is 7.43. The Labute approximate surface area is 174 Å². The average molecular weight is 430 g/mol. The van der Waals surface area contributed by atoms with Crippen LogP contribution in [0.25, 0.3) is 5.69 Å². The van der Waals surface area contributed by atoms with Crippen LogP contribution in [-0.4, -0.2) is 45.6 Å². The zero-order valence-electron chi connectivity index (χ0n) is 15.7. The third-order valence-electron chi connectivity index (χ3n) is 5.72. The van der Waals surface area contributed by atoms with E-state index in [2.05, 4.69) is 19.7 Å². The Kier molecular flexibility index (Phi) is 4.64. The molecule has 5 rings (SSSR count). The van der Waals surface area contributed by atoms with Gasteiger partial charge in [-0.15, -0.1) is 10.2 Å². The molecule has 0 radical (unpaired) electrons. The van der Waals surface area contributed by atoms with E-state index >= 15 is 0 Å². The summed E-state index contributed by atoms with van der Waals surface area (Å²) in [6.45, 7) is 0.887. The van der Waals surface area contributed by atoms with Gasteiger partial charge in [0.05, 0.1) is 5.69 Å². The lowest BCUT2D eigenvalue weighted by molar-refractivity contribution is 0.311. The van der Waals surface area contributed by atoms with E-state index in [9.17, 15) is 8.42 Å². The lowest BCUT2D eigenvalue weighted by Gasteiger charge is -2.31. The predicted octanol–water partition coefficient (Wildman–Crippen LogP) is 2.98. The molecule has 0 amide bonds. The van der Waals surface area contributed by atoms with Crippen LogP contribution in [0, 0.1) is 0 Å². The van der Waals surface area contributed by atoms with Crippen LogP contribution in [0.5, 0.6) is 0 Å². The molecule has 0 aliphatic carbocycles. The summed E-state index contributed by atoms with van der Waals surface area (Å²) in [7, 11) is -3.56. The van der Waals surface area contributed by atoms with Crippen LogP contribution in [0.3, 0.4) is 0 Å². The van der Waals surface area contributed by atoms with Crippen molar-refractivity contribution in [2.45, 2.75) is 36.6 Å². The van der Waals surface area contributed by atoms with Gasteiger partial charge in [0.1, 0.15) is 11.6 Å². The number of benzene rings is 1. The first kappa shape index (κ1) is 18.7. The Balaban J connectivity index is 1.39. The van der Waals surface area contributed by atoms with Crippen LogP contribution >= 0.6 is 11.6 Å². The largest absolute Gasteiger partial charge is 0.282 e. The molecule has 2 aliphatic rings. The number of hydrogen-bond acceptors (Lipinski definition) is 5. The lowest BCUT2D eigenvalue weighted by Crippen LogP contribution is -2.38. The number of aryl methyl sites for hydroxylation is 2. The minimum Gasteiger partial charge on any atom is -0.282 e. The summed E-state index contributed by atoms with van der Waals surface area (Å²) in [5, 5.41) is 9.73. The molecule has 0 atom stereocenters. The molecule has 0 unspecified atom stereocenters. The Morgan fingerprint density at radius 1 is 1.03 bits per heavy atom. The van der Waals surface area contributed by atoms with Crippen LogP contribution < -0.4 is 0 Å². The van der Waals surface area contributed by atoms with Crippen LogP contribution in [-0.2, 0) is 22.9 Å². The average Bonchev–Trinajstić information content (AvgIpc) is 3.19. The van der Waals surface area contributed by atoms with Gasteiger partial charge in [-0.05, 0) is 55.2 Å². The Morgan fingerprint density at radius 2 is 1.86 bits per heavy atom. The SMILES string of the molecule is O=S(=O)(c1ccccn1)N1CCC(c2nnc3n2-c2ccc(Cl)cc2CC3)CC1. The van der Waals surface area contributed by atoms with Gasteiger partial charge in [0.2, 0.25) is 0 Å². The van der Waals surface area contributed by atoms with Gasteiger partial charge in [0.25, 0.3) is 10.0 Å². The molecule has 9 heteroatoms. The van der Waals surface area contributed by atoms with Gasteiger partial charge in [-0.3, -0.25) is 4.57 Å². The first-order valence-electron chi connectivity index (χ1n) is 9.68. The number of nitrogens with zero attached hydrogens (tertiary/aromatic N) is 5. The Bertz CT molecular complexity index is 1150. The van der Waals surface area contributed by atoms with Crippen molar-refractivity contribution in [3.05, 3.63) is 64.8 Å². The molecule has 150 valence electrons. The van der Waals surface area contributed by atoms with Crippen molar-refractivity contribution < 1.29 is 8.42 Å². The molecular formula is C20H20ClN5O2S. The van der Waals surface area contributed by atoms with Gasteiger partial charge >= 0.3 is 0 Å². The van der Waals surface area contributed by atoms with Gasteiger partial charge in [0.15, 0.2) is 5.03 Å². The van der Waals surface area contributed by atoms with Crippen molar-refractivity contribution in [1.82, 2.24) is 24.1 Å². The van der Waals surface area contributed by atoms with Gasteiger partial charge in [-0.25, -0.2) is 13.4 Å². The standard InChI is InChI=1S/C20H20ClN5O2S/c21-16-5-6-17-15(13-16)4-7-18-23-24-20(26(17)18)14-8-11-25(12-9-14)29(27,28)19-3-1-2-10-22-19/h1-3,5-6,10,13-14H,4,7-9,11-12H2. The summed E-state index contributed by atoms with van der Waals surface area (Å²) >= 11 is 6.17. The Morgan fingerprint density at radius 3 is 2.62 bits per heavy atom. The van der Waals surface area contributed by atoms with Crippen molar-refractivity contribution >= 4 is 21.6 Å². The van der Waals surface area contributed by atoms with E-state index in [1.165, 1.54) is 16.1 Å². The third kappa shape index (κ3) is 3.25. The van der Waals surface area contributed by atoms with E-state index in [4.69, 9.17) is 11.6 Å². The summed E-state index contributed by atoms with van der Waals surface area (Å²) in [6.07, 6.45) is 4.63. The minimum absolute atomic E-state index is 0.101. The second kappa shape index (κ2) is 7.19. The van der Waals surface area contributed by atoms with E-state index in [1.807, 2.05) is 18.2 Å². The monoisotopic (exact) mass is 429 g/mol. The summed E-state index contributed by atoms with van der Waals surface area (Å²) in [5.74, 6) is 2.03. The molecule has 2 aliphatic heterocycles. The number of halogens is 1. The van der Waals surface area contributed by atoms with Crippen molar-refractivity contribution in [2.24, 2.45) is 0 Å². The van der Waals surface area contributed by atoms with E-state index < -0.39 is 10.0 Å². The van der Waals surface area contributed by atoms with Crippen LogP contribution in [0.4, 0.5) is 0 Å². The quantitative estimate of drug-likeness (QED) is 0.639. The molecule has 1 fully saturated rings. The molecule has 29 heavy (non-hydrogen) atoms. The summed E-state index contributed by atoms with van der Waals surface area (Å²) in [5.41, 5.74) is 2.28. The topological polar surface area (TPSA) is 81.0 Å². The maximum atomic E-state index is 12.8. The maximum Gasteiger partial charge on any atom is 0.260 e. The molecule has 0 saturated carbocycles. The van der Waals surface area contributed by atoms with Crippen molar-refractivity contribution in [3.63, 3.8) is 0 Å². The first-order chi connectivity index (χ1) is 14.0. The summed E-state index contributed by atoms with van der Waals surface area (Å²) < 4.78 is 29.3. The zero-order chi connectivity index (χ0) is 20.0. The normalized spacial score (nSPS) is 17.7. The van der Waals surface area contributed by atoms with Gasteiger partial charge in [-0.2, -0.15) is 4.31 Å². The fourth-order valence-corrected chi connectivity index (χ4v) is 5.82. The Hall–Kier alpha value is -2.29. The summed E-state index contributed by atoms with van der Waals surface area (Å²) in [4.78, 5) is 4.02. The molecule has 0 N–H and O–H groups in total. The molecule has 3 aromatic rings. The number of aromatic nitrogens is 4. The number of sulfonamides is 1. The minimum atomic E-state index is -3.56. The van der Waals surface area contributed by atoms with Crippen LogP contribution in [0.1, 0.15) is 36.0 Å². The molecule has 0 bridgehead atoms. The molecular weight excluding hydrogens is 410 g/mol. The second-order valence-corrected chi connectivity index (χ2v) is 9.75. The third-order valence-corrected chi connectivity index (χ3v) is 7.77. The highest BCUT2D eigenvalue weighted by molar-refractivity contribution is 7.89. The van der Waals surface area contributed by atoms with Gasteiger partial charge in [-0.1, -0.05) is 17.7 Å². The van der Waals surface area contributed by atoms with E-state index in [-0.39, 0.29) is 10.9 Å². The molecule has 0 spiro atoms. The number of hydrogen-bond donors (Lipinski definition) is 0. The number of piperidine rings is 1. The van der Waals surface area contributed by atoms with Gasteiger partial charge in [0, 0.05) is 36.6 Å². The first-order valence-corrected chi connectivity index (χ1v) is 11.5. The fraction of sp³-hybridized carbons (Fsp3) is 0.350. The number of pyridine rings is 1. The van der Waals surface area contributed by atoms with E-state index in [0.717, 1.165) is 35.2 Å². The molecule has 4 heterocycles. The van der Waals surface area contributed by atoms with Crippen LogP contribution in [0.15, 0.2) is 47.6 Å². The van der Waals surface area contributed by atoms with Crippen molar-refractivity contribution in [1.29, 1.82) is 0 Å². The highest BCUT2D eigenvalue weighted by Gasteiger charge is 2.34. The fourth-order valence-electron chi connectivity index (χ4n) is 4.22. The molecule has 1 aromatic carbocycles. The molecule has 2 aromatic heterocycles. The van der Waals surface area contributed by atoms with Crippen molar-refractivity contribution in [3.8, 4) is 5.69 Å². The highest BCUT2D eigenvalue weighted by Crippen LogP contribution is 2.34. The number of fused-ring (bicyclic) bond motifs is 3. The summed E-state index contributed by atoms with van der Waals surface area (Å²) in [6, 6.07) is 10.9. The molecule has 7 nitrogen and oxygen atoms in total.